The number of benzene rings is 2. The number of nitrogens with zero attached hydrogens (tertiary/aromatic N) is 2. The smallest absolute Gasteiger partial charge is 0.268 e. The highest BCUT2D eigenvalue weighted by Crippen LogP contribution is 2.33. The van der Waals surface area contributed by atoms with E-state index >= 15 is 0 Å². The van der Waals surface area contributed by atoms with Crippen molar-refractivity contribution in [3.8, 4) is 0 Å². The molecule has 26 heavy (non-hydrogen) atoms. The molecule has 3 rings (SSSR count). The van der Waals surface area contributed by atoms with E-state index in [4.69, 9.17) is 0 Å². The molecule has 1 aliphatic heterocycles. The third-order valence-corrected chi connectivity index (χ3v) is 6.34. The molecule has 0 saturated carbocycles. The lowest BCUT2D eigenvalue weighted by atomic mass is 10.1. The summed E-state index contributed by atoms with van der Waals surface area (Å²) in [6, 6.07) is 12.7. The van der Waals surface area contributed by atoms with Gasteiger partial charge in [0.2, 0.25) is 0 Å². The minimum absolute atomic E-state index is 0.0378. The molecule has 0 unspecified atom stereocenters. The number of carbonyl (C=O) groups excluding carboxylic acids is 2. The molecule has 2 amide bonds. The zero-order chi connectivity index (χ0) is 18.9. The van der Waals surface area contributed by atoms with Crippen molar-refractivity contribution in [3.63, 3.8) is 0 Å². The second-order valence-corrected chi connectivity index (χ2v) is 8.45. The number of anilines is 1. The molecule has 0 aromatic heterocycles. The van der Waals surface area contributed by atoms with E-state index in [0.717, 1.165) is 19.5 Å². The van der Waals surface area contributed by atoms with Crippen LogP contribution in [0.2, 0.25) is 0 Å². The number of amides is 2. The second kappa shape index (κ2) is 7.20. The van der Waals surface area contributed by atoms with Crippen LogP contribution in [0.25, 0.3) is 0 Å². The average Bonchev–Trinajstić information content (AvgIpc) is 2.62. The largest absolute Gasteiger partial charge is 0.335 e. The lowest BCUT2D eigenvalue weighted by Crippen LogP contribution is -2.53. The van der Waals surface area contributed by atoms with Crippen LogP contribution >= 0.6 is 15.9 Å². The standard InChI is InChI=1S/C18H17BrN2O4S/c1-2-3-12-20-18(23)15-6-4-5-7-16(15)21(26(20,24)25)17(22)13-8-10-14(19)11-9-13/h4-11H,2-3,12H2,1H3. The molecular formula is C18H17BrN2O4S. The first-order valence-corrected chi connectivity index (χ1v) is 10.3. The van der Waals surface area contributed by atoms with Crippen molar-refractivity contribution < 1.29 is 18.0 Å². The topological polar surface area (TPSA) is 74.8 Å². The Kier molecular flexibility index (Phi) is 5.15. The van der Waals surface area contributed by atoms with E-state index in [2.05, 4.69) is 15.9 Å². The van der Waals surface area contributed by atoms with Crippen LogP contribution in [-0.4, -0.2) is 31.1 Å². The van der Waals surface area contributed by atoms with Crippen molar-refractivity contribution >= 4 is 43.6 Å². The van der Waals surface area contributed by atoms with Crippen molar-refractivity contribution in [2.75, 3.05) is 10.8 Å². The Morgan fingerprint density at radius 3 is 2.38 bits per heavy atom. The van der Waals surface area contributed by atoms with Gasteiger partial charge in [0, 0.05) is 16.6 Å². The molecule has 0 aliphatic carbocycles. The lowest BCUT2D eigenvalue weighted by Gasteiger charge is -2.35. The molecule has 1 heterocycles. The number of para-hydroxylation sites is 1. The Hall–Kier alpha value is -2.19. The van der Waals surface area contributed by atoms with Crippen molar-refractivity contribution in [3.05, 3.63) is 64.1 Å². The van der Waals surface area contributed by atoms with E-state index in [1.54, 1.807) is 24.3 Å². The Labute approximate surface area is 160 Å². The fourth-order valence-electron chi connectivity index (χ4n) is 2.74. The van der Waals surface area contributed by atoms with Gasteiger partial charge in [0.05, 0.1) is 11.3 Å². The Morgan fingerprint density at radius 1 is 1.08 bits per heavy atom. The molecule has 6 nitrogen and oxygen atoms in total. The number of carbonyl (C=O) groups is 2. The normalized spacial score (nSPS) is 15.7. The molecule has 0 spiro atoms. The van der Waals surface area contributed by atoms with E-state index in [-0.39, 0.29) is 23.4 Å². The van der Waals surface area contributed by atoms with Gasteiger partial charge in [0.1, 0.15) is 0 Å². The van der Waals surface area contributed by atoms with Crippen LogP contribution in [0.15, 0.2) is 53.0 Å². The van der Waals surface area contributed by atoms with Gasteiger partial charge in [-0.2, -0.15) is 12.7 Å². The number of hydrogen-bond acceptors (Lipinski definition) is 4. The number of halogens is 1. The first-order chi connectivity index (χ1) is 12.4. The van der Waals surface area contributed by atoms with E-state index < -0.39 is 22.0 Å². The van der Waals surface area contributed by atoms with Gasteiger partial charge in [-0.05, 0) is 42.8 Å². The number of fused-ring (bicyclic) bond motifs is 1. The molecule has 0 bridgehead atoms. The van der Waals surface area contributed by atoms with Crippen molar-refractivity contribution in [2.24, 2.45) is 0 Å². The van der Waals surface area contributed by atoms with E-state index in [0.29, 0.717) is 6.42 Å². The minimum atomic E-state index is -4.30. The Balaban J connectivity index is 2.15. The maximum absolute atomic E-state index is 13.1. The van der Waals surface area contributed by atoms with Gasteiger partial charge in [-0.1, -0.05) is 41.4 Å². The fraction of sp³-hybridized carbons (Fsp3) is 0.222. The van der Waals surface area contributed by atoms with E-state index in [1.807, 2.05) is 6.92 Å². The van der Waals surface area contributed by atoms with Crippen molar-refractivity contribution in [2.45, 2.75) is 19.8 Å². The molecule has 136 valence electrons. The highest BCUT2D eigenvalue weighted by molar-refractivity contribution is 9.10. The summed E-state index contributed by atoms with van der Waals surface area (Å²) in [5.74, 6) is -1.30. The zero-order valence-corrected chi connectivity index (χ0v) is 16.5. The van der Waals surface area contributed by atoms with Crippen LogP contribution in [0.1, 0.15) is 40.5 Å². The van der Waals surface area contributed by atoms with Crippen LogP contribution < -0.4 is 4.31 Å². The predicted octanol–water partition coefficient (Wildman–Crippen LogP) is 3.60. The SMILES string of the molecule is CCCCN1C(=O)c2ccccc2N(C(=O)c2ccc(Br)cc2)S1(=O)=O. The molecule has 2 aromatic rings. The van der Waals surface area contributed by atoms with Gasteiger partial charge < -0.3 is 0 Å². The lowest BCUT2D eigenvalue weighted by molar-refractivity contribution is 0.0854. The average molecular weight is 437 g/mol. The van der Waals surface area contributed by atoms with Crippen molar-refractivity contribution in [1.29, 1.82) is 0 Å². The third-order valence-electron chi connectivity index (χ3n) is 4.08. The quantitative estimate of drug-likeness (QED) is 0.733. The van der Waals surface area contributed by atoms with Crippen LogP contribution in [0.5, 0.6) is 0 Å². The molecule has 1 aliphatic rings. The monoisotopic (exact) mass is 436 g/mol. The number of hydrogen-bond donors (Lipinski definition) is 0. The first kappa shape index (κ1) is 18.6. The summed E-state index contributed by atoms with van der Waals surface area (Å²) >= 11 is 3.29. The second-order valence-electron chi connectivity index (χ2n) is 5.83. The minimum Gasteiger partial charge on any atom is -0.268 e. The summed E-state index contributed by atoms with van der Waals surface area (Å²) < 4.78 is 28.4. The third kappa shape index (κ3) is 3.14. The molecule has 0 saturated heterocycles. The van der Waals surface area contributed by atoms with E-state index in [1.165, 1.54) is 24.3 Å². The molecule has 0 fully saturated rings. The summed E-state index contributed by atoms with van der Waals surface area (Å²) in [7, 11) is -4.30. The summed E-state index contributed by atoms with van der Waals surface area (Å²) in [5.41, 5.74) is 0.499. The molecule has 0 radical (unpaired) electrons. The highest BCUT2D eigenvalue weighted by Gasteiger charge is 2.44. The van der Waals surface area contributed by atoms with Gasteiger partial charge in [-0.25, -0.2) is 4.31 Å². The molecule has 8 heteroatoms. The molecule has 2 aromatic carbocycles. The Morgan fingerprint density at radius 2 is 1.73 bits per heavy atom. The van der Waals surface area contributed by atoms with Crippen LogP contribution in [0, 0.1) is 0 Å². The molecule has 0 atom stereocenters. The van der Waals surface area contributed by atoms with Gasteiger partial charge in [-0.15, -0.1) is 0 Å². The fourth-order valence-corrected chi connectivity index (χ4v) is 4.59. The highest BCUT2D eigenvalue weighted by atomic mass is 79.9. The maximum Gasteiger partial charge on any atom is 0.335 e. The van der Waals surface area contributed by atoms with Gasteiger partial charge >= 0.3 is 10.2 Å². The van der Waals surface area contributed by atoms with Crippen LogP contribution in [0.4, 0.5) is 5.69 Å². The maximum atomic E-state index is 13.1. The molecule has 0 N–H and O–H groups in total. The summed E-state index contributed by atoms with van der Waals surface area (Å²) in [4.78, 5) is 25.7. The number of rotatable bonds is 4. The Bertz CT molecular complexity index is 957. The van der Waals surface area contributed by atoms with Gasteiger partial charge in [0.25, 0.3) is 11.8 Å². The summed E-state index contributed by atoms with van der Waals surface area (Å²) in [5, 5.41) is 0. The first-order valence-electron chi connectivity index (χ1n) is 8.14. The summed E-state index contributed by atoms with van der Waals surface area (Å²) in [6.07, 6.45) is 1.25. The van der Waals surface area contributed by atoms with Gasteiger partial charge in [0.15, 0.2) is 0 Å². The number of unbranched alkanes of at least 4 members (excludes halogenated alkanes) is 1. The zero-order valence-electron chi connectivity index (χ0n) is 14.1. The summed E-state index contributed by atoms with van der Waals surface area (Å²) in [6.45, 7) is 1.94. The predicted molar refractivity (Wildman–Crippen MR) is 102 cm³/mol. The van der Waals surface area contributed by atoms with Crippen LogP contribution in [0.3, 0.4) is 0 Å². The van der Waals surface area contributed by atoms with Crippen molar-refractivity contribution in [1.82, 2.24) is 4.31 Å². The van der Waals surface area contributed by atoms with E-state index in [9.17, 15) is 18.0 Å². The van der Waals surface area contributed by atoms with Gasteiger partial charge in [-0.3, -0.25) is 9.59 Å². The van der Waals surface area contributed by atoms with Crippen LogP contribution in [-0.2, 0) is 10.2 Å². The molecular weight excluding hydrogens is 420 g/mol.